The first kappa shape index (κ1) is 25.1. The summed E-state index contributed by atoms with van der Waals surface area (Å²) in [5.41, 5.74) is 1.11. The lowest BCUT2D eigenvalue weighted by Gasteiger charge is -2.18. The molecule has 0 atom stereocenters. The third-order valence-corrected chi connectivity index (χ3v) is 7.67. The van der Waals surface area contributed by atoms with Crippen molar-refractivity contribution in [3.63, 3.8) is 0 Å². The second kappa shape index (κ2) is 8.79. The van der Waals surface area contributed by atoms with Crippen LogP contribution in [0.5, 0.6) is 0 Å². The summed E-state index contributed by atoms with van der Waals surface area (Å²) in [7, 11) is -2.54. The van der Waals surface area contributed by atoms with Gasteiger partial charge in [-0.3, -0.25) is 29.6 Å². The molecule has 0 radical (unpaired) electrons. The van der Waals surface area contributed by atoms with Gasteiger partial charge >= 0.3 is 12.1 Å². The number of imide groups is 1. The van der Waals surface area contributed by atoms with Gasteiger partial charge in [-0.05, 0) is 42.5 Å². The SMILES string of the molecule is CN1C(=O)CN(c2cc(C3CC3)cn3cc(CN(C(=O)O)c4ccc(S(C)(=O)=O)c([N+](=O)[O-])c4)nc23)C1=O. The van der Waals surface area contributed by atoms with E-state index in [0.717, 1.165) is 46.6 Å². The molecule has 14 nitrogen and oxygen atoms in total. The summed E-state index contributed by atoms with van der Waals surface area (Å²) in [6.07, 6.45) is 4.78. The molecule has 1 aliphatic carbocycles. The zero-order valence-electron chi connectivity index (χ0n) is 20.3. The number of rotatable bonds is 7. The van der Waals surface area contributed by atoms with Crippen LogP contribution in [-0.4, -0.2) is 70.6 Å². The smallest absolute Gasteiger partial charge is 0.412 e. The number of hydrogen-bond acceptors (Lipinski definition) is 8. The van der Waals surface area contributed by atoms with Gasteiger partial charge in [0.1, 0.15) is 11.4 Å². The molecule has 1 saturated carbocycles. The maximum atomic E-state index is 12.7. The van der Waals surface area contributed by atoms with Gasteiger partial charge < -0.3 is 9.51 Å². The van der Waals surface area contributed by atoms with E-state index < -0.39 is 37.5 Å². The number of aromatic nitrogens is 2. The molecule has 0 bridgehead atoms. The van der Waals surface area contributed by atoms with Gasteiger partial charge in [-0.25, -0.2) is 23.0 Å². The Kier molecular flexibility index (Phi) is 5.82. The summed E-state index contributed by atoms with van der Waals surface area (Å²) in [6, 6.07) is 4.38. The summed E-state index contributed by atoms with van der Waals surface area (Å²) in [5.74, 6) is -0.0625. The molecule has 1 N–H and O–H groups in total. The normalized spacial score (nSPS) is 15.9. The molecule has 3 heterocycles. The van der Waals surface area contributed by atoms with Crippen molar-refractivity contribution in [2.45, 2.75) is 30.2 Å². The first-order chi connectivity index (χ1) is 17.8. The summed E-state index contributed by atoms with van der Waals surface area (Å²) in [6.45, 7) is -0.476. The van der Waals surface area contributed by atoms with E-state index in [0.29, 0.717) is 17.3 Å². The minimum absolute atomic E-state index is 0.116. The molecule has 5 rings (SSSR count). The number of fused-ring (bicyclic) bond motifs is 1. The van der Waals surface area contributed by atoms with Gasteiger partial charge in [-0.1, -0.05) is 0 Å². The summed E-state index contributed by atoms with van der Waals surface area (Å²) >= 11 is 0. The van der Waals surface area contributed by atoms with Gasteiger partial charge in [-0.15, -0.1) is 0 Å². The van der Waals surface area contributed by atoms with Gasteiger partial charge in [0.2, 0.25) is 5.91 Å². The Hall–Kier alpha value is -4.53. The Morgan fingerprint density at radius 3 is 2.50 bits per heavy atom. The lowest BCUT2D eigenvalue weighted by molar-refractivity contribution is -0.387. The van der Waals surface area contributed by atoms with Crippen LogP contribution in [0.2, 0.25) is 0 Å². The number of carbonyl (C=O) groups excluding carboxylic acids is 2. The van der Waals surface area contributed by atoms with Crippen LogP contribution < -0.4 is 9.80 Å². The molecule has 1 saturated heterocycles. The van der Waals surface area contributed by atoms with Crippen LogP contribution in [-0.2, 0) is 21.2 Å². The lowest BCUT2D eigenvalue weighted by atomic mass is 10.1. The Bertz CT molecular complexity index is 1640. The summed E-state index contributed by atoms with van der Waals surface area (Å²) in [4.78, 5) is 54.8. The minimum Gasteiger partial charge on any atom is -0.465 e. The number of likely N-dealkylation sites (N-methyl/N-ethyl adjacent to an activating group) is 1. The zero-order valence-corrected chi connectivity index (χ0v) is 21.1. The van der Waals surface area contributed by atoms with Crippen LogP contribution in [0.3, 0.4) is 0 Å². The second-order valence-corrected chi connectivity index (χ2v) is 11.3. The fourth-order valence-electron chi connectivity index (χ4n) is 4.41. The number of carboxylic acid groups (broad SMARTS) is 1. The number of benzene rings is 1. The molecule has 2 fully saturated rings. The number of nitro benzene ring substituents is 1. The van der Waals surface area contributed by atoms with Gasteiger partial charge in [0.25, 0.3) is 5.69 Å². The van der Waals surface area contributed by atoms with Crippen LogP contribution in [0.25, 0.3) is 5.65 Å². The van der Waals surface area contributed by atoms with E-state index in [1.165, 1.54) is 18.0 Å². The highest BCUT2D eigenvalue weighted by molar-refractivity contribution is 7.90. The second-order valence-electron chi connectivity index (χ2n) is 9.27. The van der Waals surface area contributed by atoms with Gasteiger partial charge in [0, 0.05) is 31.8 Å². The van der Waals surface area contributed by atoms with Gasteiger partial charge in [0.15, 0.2) is 15.5 Å². The van der Waals surface area contributed by atoms with E-state index in [2.05, 4.69) is 4.98 Å². The third kappa shape index (κ3) is 4.40. The molecule has 2 aromatic heterocycles. The number of anilines is 2. The first-order valence-corrected chi connectivity index (χ1v) is 13.3. The minimum atomic E-state index is -3.93. The molecular weight excluding hydrogens is 520 g/mol. The van der Waals surface area contributed by atoms with Crippen molar-refractivity contribution in [1.29, 1.82) is 0 Å². The van der Waals surface area contributed by atoms with Crippen molar-refractivity contribution < 1.29 is 32.8 Å². The largest absolute Gasteiger partial charge is 0.465 e. The maximum Gasteiger partial charge on any atom is 0.412 e. The van der Waals surface area contributed by atoms with Crippen LogP contribution >= 0.6 is 0 Å². The van der Waals surface area contributed by atoms with Crippen LogP contribution in [0.1, 0.15) is 30.0 Å². The number of pyridine rings is 1. The van der Waals surface area contributed by atoms with E-state index in [1.54, 1.807) is 10.6 Å². The van der Waals surface area contributed by atoms with E-state index in [1.807, 2.05) is 12.3 Å². The van der Waals surface area contributed by atoms with Crippen molar-refractivity contribution in [3.8, 4) is 0 Å². The quantitative estimate of drug-likeness (QED) is 0.267. The molecule has 3 aromatic rings. The average molecular weight is 543 g/mol. The molecule has 0 unspecified atom stereocenters. The number of nitrogens with zero attached hydrogens (tertiary/aromatic N) is 6. The fraction of sp³-hybridized carbons (Fsp3) is 0.304. The Morgan fingerprint density at radius 2 is 1.95 bits per heavy atom. The van der Waals surface area contributed by atoms with Gasteiger partial charge in [-0.2, -0.15) is 0 Å². The molecule has 4 amide bonds. The number of sulfone groups is 1. The molecule has 1 aliphatic heterocycles. The molecule has 2 aliphatic rings. The topological polar surface area (TPSA) is 176 Å². The van der Waals surface area contributed by atoms with Crippen LogP contribution in [0.15, 0.2) is 41.6 Å². The molecule has 15 heteroatoms. The van der Waals surface area contributed by atoms with Crippen molar-refractivity contribution >= 4 is 50.6 Å². The van der Waals surface area contributed by atoms with Gasteiger partial charge in [0.05, 0.1) is 28.5 Å². The highest BCUT2D eigenvalue weighted by Gasteiger charge is 2.37. The molecular formula is C23H22N6O8S. The lowest BCUT2D eigenvalue weighted by Crippen LogP contribution is -2.30. The standard InChI is InChI=1S/C23H22N6O8S/c1-25-20(30)12-28(22(25)31)18-7-14(13-3-4-13)9-26-10-15(24-21(18)26)11-27(23(32)33)16-5-6-19(38(2,36)37)17(8-16)29(34)35/h5-10,13H,3-4,11-12H2,1-2H3,(H,32,33). The monoisotopic (exact) mass is 542 g/mol. The first-order valence-electron chi connectivity index (χ1n) is 11.4. The van der Waals surface area contributed by atoms with E-state index in [9.17, 15) is 38.0 Å². The predicted molar refractivity (Wildman–Crippen MR) is 133 cm³/mol. The van der Waals surface area contributed by atoms with E-state index >= 15 is 0 Å². The number of imidazole rings is 1. The molecule has 0 spiro atoms. The highest BCUT2D eigenvalue weighted by Crippen LogP contribution is 2.42. The zero-order chi connectivity index (χ0) is 27.5. The number of amides is 4. The number of urea groups is 1. The van der Waals surface area contributed by atoms with Crippen LogP contribution in [0, 0.1) is 10.1 Å². The van der Waals surface area contributed by atoms with Crippen molar-refractivity contribution in [3.05, 3.63) is 58.0 Å². The van der Waals surface area contributed by atoms with Crippen LogP contribution in [0.4, 0.5) is 26.7 Å². The summed E-state index contributed by atoms with van der Waals surface area (Å²) < 4.78 is 25.6. The average Bonchev–Trinajstić information content (AvgIpc) is 3.57. The van der Waals surface area contributed by atoms with Crippen molar-refractivity contribution in [2.75, 3.05) is 29.6 Å². The van der Waals surface area contributed by atoms with Crippen molar-refractivity contribution in [2.24, 2.45) is 0 Å². The maximum absolute atomic E-state index is 12.7. The number of carbonyl (C=O) groups is 3. The molecule has 198 valence electrons. The Labute approximate surface area is 215 Å². The van der Waals surface area contributed by atoms with Crippen molar-refractivity contribution in [1.82, 2.24) is 14.3 Å². The molecule has 1 aromatic carbocycles. The molecule has 38 heavy (non-hydrogen) atoms. The predicted octanol–water partition coefficient (Wildman–Crippen LogP) is 2.61. The Balaban J connectivity index is 1.56. The number of nitro groups is 1. The Morgan fingerprint density at radius 1 is 1.24 bits per heavy atom. The number of hydrogen-bond donors (Lipinski definition) is 1. The third-order valence-electron chi connectivity index (χ3n) is 6.53. The van der Waals surface area contributed by atoms with E-state index in [-0.39, 0.29) is 30.4 Å². The fourth-order valence-corrected chi connectivity index (χ4v) is 5.24. The van der Waals surface area contributed by atoms with E-state index in [4.69, 9.17) is 0 Å². The highest BCUT2D eigenvalue weighted by atomic mass is 32.2. The summed E-state index contributed by atoms with van der Waals surface area (Å²) in [5, 5.41) is 21.4.